The maximum absolute atomic E-state index is 12.9. The van der Waals surface area contributed by atoms with Crippen LogP contribution in [-0.2, 0) is 19.1 Å². The lowest BCUT2D eigenvalue weighted by atomic mass is 10.1. The number of benzene rings is 1. The van der Waals surface area contributed by atoms with Crippen molar-refractivity contribution in [3.05, 3.63) is 35.6 Å². The highest BCUT2D eigenvalue weighted by molar-refractivity contribution is 5.69. The van der Waals surface area contributed by atoms with Crippen molar-refractivity contribution >= 4 is 11.9 Å². The number of carbonyl (C=O) groups excluding carboxylic acids is 2. The lowest BCUT2D eigenvalue weighted by Gasteiger charge is -2.13. The van der Waals surface area contributed by atoms with Gasteiger partial charge in [0.2, 0.25) is 0 Å². The van der Waals surface area contributed by atoms with Gasteiger partial charge in [0.05, 0.1) is 6.61 Å². The van der Waals surface area contributed by atoms with Crippen LogP contribution in [0.4, 0.5) is 4.39 Å². The molecule has 0 amide bonds. The Bertz CT molecular complexity index is 542. The number of esters is 2. The molecule has 0 aromatic heterocycles. The summed E-state index contributed by atoms with van der Waals surface area (Å²) >= 11 is 0. The number of hydrogen-bond donors (Lipinski definition) is 0. The molecule has 0 radical (unpaired) electrons. The maximum atomic E-state index is 12.9. The standard InChI is InChI=1S/C22H33FO4/c1-3-4-17-26-21(24)11-9-7-5-6-8-10-12-22(25)27-18(2)19-13-15-20(23)16-14-19/h13-16,18H,3-12,17H2,1-2H3. The van der Waals surface area contributed by atoms with E-state index in [2.05, 4.69) is 6.92 Å². The fourth-order valence-corrected chi connectivity index (χ4v) is 2.71. The van der Waals surface area contributed by atoms with Crippen molar-refractivity contribution < 1.29 is 23.5 Å². The first-order valence-electron chi connectivity index (χ1n) is 10.1. The lowest BCUT2D eigenvalue weighted by Crippen LogP contribution is -2.08. The zero-order valence-corrected chi connectivity index (χ0v) is 16.7. The molecule has 0 N–H and O–H groups in total. The molecule has 4 nitrogen and oxygen atoms in total. The van der Waals surface area contributed by atoms with E-state index in [-0.39, 0.29) is 23.9 Å². The third kappa shape index (κ3) is 11.4. The van der Waals surface area contributed by atoms with Crippen LogP contribution in [0.2, 0.25) is 0 Å². The van der Waals surface area contributed by atoms with Crippen LogP contribution in [0.15, 0.2) is 24.3 Å². The van der Waals surface area contributed by atoms with E-state index in [9.17, 15) is 14.0 Å². The molecule has 0 heterocycles. The molecular weight excluding hydrogens is 347 g/mol. The number of ether oxygens (including phenoxy) is 2. The van der Waals surface area contributed by atoms with E-state index in [4.69, 9.17) is 9.47 Å². The van der Waals surface area contributed by atoms with Crippen molar-refractivity contribution in [1.82, 2.24) is 0 Å². The number of carbonyl (C=O) groups is 2. The largest absolute Gasteiger partial charge is 0.466 e. The topological polar surface area (TPSA) is 52.6 Å². The Morgan fingerprint density at radius 3 is 2.04 bits per heavy atom. The summed E-state index contributed by atoms with van der Waals surface area (Å²) in [5.74, 6) is -0.617. The van der Waals surface area contributed by atoms with Gasteiger partial charge in [-0.2, -0.15) is 0 Å². The molecule has 1 atom stereocenters. The third-order valence-corrected chi connectivity index (χ3v) is 4.42. The molecule has 0 aliphatic rings. The minimum atomic E-state index is -0.366. The van der Waals surface area contributed by atoms with Crippen LogP contribution in [0.3, 0.4) is 0 Å². The smallest absolute Gasteiger partial charge is 0.306 e. The van der Waals surface area contributed by atoms with Crippen LogP contribution in [0.1, 0.15) is 89.7 Å². The first kappa shape index (κ1) is 23.1. The summed E-state index contributed by atoms with van der Waals surface area (Å²) in [6, 6.07) is 5.99. The van der Waals surface area contributed by atoms with Crippen LogP contribution in [0.5, 0.6) is 0 Å². The molecule has 0 aliphatic heterocycles. The van der Waals surface area contributed by atoms with Crippen molar-refractivity contribution in [2.45, 2.75) is 84.2 Å². The average molecular weight is 380 g/mol. The van der Waals surface area contributed by atoms with Crippen molar-refractivity contribution in [3.8, 4) is 0 Å². The van der Waals surface area contributed by atoms with Crippen LogP contribution in [0, 0.1) is 5.82 Å². The fourth-order valence-electron chi connectivity index (χ4n) is 2.71. The minimum Gasteiger partial charge on any atom is -0.466 e. The first-order chi connectivity index (χ1) is 13.0. The summed E-state index contributed by atoms with van der Waals surface area (Å²) in [5, 5.41) is 0. The quantitative estimate of drug-likeness (QED) is 0.298. The van der Waals surface area contributed by atoms with Gasteiger partial charge in [-0.15, -0.1) is 0 Å². The van der Waals surface area contributed by atoms with E-state index in [1.807, 2.05) is 0 Å². The predicted octanol–water partition coefficient (Wildman–Crippen LogP) is 5.89. The second-order valence-corrected chi connectivity index (χ2v) is 6.88. The Morgan fingerprint density at radius 2 is 1.44 bits per heavy atom. The van der Waals surface area contributed by atoms with Gasteiger partial charge in [-0.1, -0.05) is 51.2 Å². The van der Waals surface area contributed by atoms with Gasteiger partial charge in [-0.05, 0) is 43.9 Å². The van der Waals surface area contributed by atoms with Gasteiger partial charge in [0.15, 0.2) is 0 Å². The van der Waals surface area contributed by atoms with Gasteiger partial charge in [-0.3, -0.25) is 9.59 Å². The molecule has 27 heavy (non-hydrogen) atoms. The number of halogens is 1. The van der Waals surface area contributed by atoms with Gasteiger partial charge < -0.3 is 9.47 Å². The molecule has 0 saturated carbocycles. The molecule has 0 saturated heterocycles. The zero-order chi connectivity index (χ0) is 19.9. The van der Waals surface area contributed by atoms with Crippen LogP contribution in [-0.4, -0.2) is 18.5 Å². The highest BCUT2D eigenvalue weighted by atomic mass is 19.1. The number of unbranched alkanes of at least 4 members (excludes halogenated alkanes) is 6. The second-order valence-electron chi connectivity index (χ2n) is 6.88. The number of rotatable bonds is 14. The Morgan fingerprint density at radius 1 is 0.889 bits per heavy atom. The zero-order valence-electron chi connectivity index (χ0n) is 16.7. The molecule has 1 rings (SSSR count). The van der Waals surface area contributed by atoms with Crippen LogP contribution < -0.4 is 0 Å². The molecule has 1 unspecified atom stereocenters. The van der Waals surface area contributed by atoms with E-state index in [0.29, 0.717) is 19.4 Å². The van der Waals surface area contributed by atoms with E-state index in [1.165, 1.54) is 12.1 Å². The van der Waals surface area contributed by atoms with E-state index < -0.39 is 0 Å². The fraction of sp³-hybridized carbons (Fsp3) is 0.636. The molecule has 0 aliphatic carbocycles. The third-order valence-electron chi connectivity index (χ3n) is 4.42. The van der Waals surface area contributed by atoms with Gasteiger partial charge in [0.25, 0.3) is 0 Å². The summed E-state index contributed by atoms with van der Waals surface area (Å²) in [6.45, 7) is 4.39. The summed E-state index contributed by atoms with van der Waals surface area (Å²) in [6.07, 6.45) is 8.24. The monoisotopic (exact) mass is 380 g/mol. The highest BCUT2D eigenvalue weighted by Gasteiger charge is 2.11. The maximum Gasteiger partial charge on any atom is 0.306 e. The normalized spacial score (nSPS) is 11.8. The number of hydrogen-bond acceptors (Lipinski definition) is 4. The van der Waals surface area contributed by atoms with Gasteiger partial charge >= 0.3 is 11.9 Å². The molecule has 152 valence electrons. The molecule has 5 heteroatoms. The van der Waals surface area contributed by atoms with Crippen molar-refractivity contribution in [3.63, 3.8) is 0 Å². The average Bonchev–Trinajstić information content (AvgIpc) is 2.64. The summed E-state index contributed by atoms with van der Waals surface area (Å²) in [4.78, 5) is 23.3. The second kappa shape index (κ2) is 14.2. The lowest BCUT2D eigenvalue weighted by molar-refractivity contribution is -0.148. The Kier molecular flexibility index (Phi) is 12.2. The van der Waals surface area contributed by atoms with Crippen molar-refractivity contribution in [2.24, 2.45) is 0 Å². The Balaban J connectivity index is 1.99. The van der Waals surface area contributed by atoms with Crippen molar-refractivity contribution in [1.29, 1.82) is 0 Å². The molecule has 1 aromatic rings. The molecule has 0 fully saturated rings. The van der Waals surface area contributed by atoms with Crippen LogP contribution >= 0.6 is 0 Å². The molecule has 0 bridgehead atoms. The SMILES string of the molecule is CCCCOC(=O)CCCCCCCCC(=O)OC(C)c1ccc(F)cc1. The Labute approximate surface area is 162 Å². The van der Waals surface area contributed by atoms with Gasteiger partial charge in [0, 0.05) is 12.8 Å². The minimum absolute atomic E-state index is 0.0959. The predicted molar refractivity (Wildman–Crippen MR) is 104 cm³/mol. The molecule has 0 spiro atoms. The van der Waals surface area contributed by atoms with Crippen LogP contribution in [0.25, 0.3) is 0 Å². The Hall–Kier alpha value is -1.91. The van der Waals surface area contributed by atoms with E-state index >= 15 is 0 Å². The van der Waals surface area contributed by atoms with Gasteiger partial charge in [0.1, 0.15) is 11.9 Å². The highest BCUT2D eigenvalue weighted by Crippen LogP contribution is 2.18. The first-order valence-corrected chi connectivity index (χ1v) is 10.1. The summed E-state index contributed by atoms with van der Waals surface area (Å²) in [5.41, 5.74) is 0.790. The van der Waals surface area contributed by atoms with Gasteiger partial charge in [-0.25, -0.2) is 4.39 Å². The molecule has 1 aromatic carbocycles. The molecular formula is C22H33FO4. The summed E-state index contributed by atoms with van der Waals surface area (Å²) in [7, 11) is 0. The summed E-state index contributed by atoms with van der Waals surface area (Å²) < 4.78 is 23.4. The van der Waals surface area contributed by atoms with E-state index in [0.717, 1.165) is 56.9 Å². The van der Waals surface area contributed by atoms with E-state index in [1.54, 1.807) is 19.1 Å². The van der Waals surface area contributed by atoms with Crippen molar-refractivity contribution in [2.75, 3.05) is 6.61 Å².